The van der Waals surface area contributed by atoms with Crippen LogP contribution in [-0.2, 0) is 4.79 Å². The van der Waals surface area contributed by atoms with Crippen molar-refractivity contribution in [3.05, 3.63) is 29.8 Å². The minimum Gasteiger partial charge on any atom is -0.493 e. The molecule has 134 valence electrons. The number of hydrogen-bond donors (Lipinski definition) is 2. The zero-order chi connectivity index (χ0) is 17.4. The lowest BCUT2D eigenvalue weighted by molar-refractivity contribution is -0.123. The van der Waals surface area contributed by atoms with Gasteiger partial charge in [-0.25, -0.2) is 0 Å². The number of rotatable bonds is 8. The van der Waals surface area contributed by atoms with Crippen LogP contribution in [0.15, 0.2) is 24.3 Å². The highest BCUT2D eigenvalue weighted by molar-refractivity contribution is 5.78. The smallest absolute Gasteiger partial charge is 0.234 e. The summed E-state index contributed by atoms with van der Waals surface area (Å²) in [5, 5.41) is 6.47. The molecule has 1 unspecified atom stereocenters. The Morgan fingerprint density at radius 2 is 2.08 bits per heavy atom. The maximum Gasteiger partial charge on any atom is 0.234 e. The van der Waals surface area contributed by atoms with Gasteiger partial charge in [-0.15, -0.1) is 0 Å². The van der Waals surface area contributed by atoms with Crippen molar-refractivity contribution in [3.8, 4) is 5.75 Å². The van der Waals surface area contributed by atoms with Gasteiger partial charge in [-0.3, -0.25) is 9.69 Å². The van der Waals surface area contributed by atoms with E-state index in [-0.39, 0.29) is 11.9 Å². The van der Waals surface area contributed by atoms with Gasteiger partial charge < -0.3 is 15.4 Å². The number of likely N-dealkylation sites (N-methyl/N-ethyl adjacent to an activating group) is 1. The average Bonchev–Trinajstić information content (AvgIpc) is 2.60. The molecule has 1 aliphatic heterocycles. The highest BCUT2D eigenvalue weighted by Crippen LogP contribution is 2.25. The first-order valence-corrected chi connectivity index (χ1v) is 9.03. The molecule has 0 saturated carbocycles. The number of hydrogen-bond acceptors (Lipinski definition) is 4. The molecule has 5 nitrogen and oxygen atoms in total. The van der Waals surface area contributed by atoms with E-state index in [1.165, 1.54) is 0 Å². The molecule has 0 aliphatic carbocycles. The van der Waals surface area contributed by atoms with Crippen molar-refractivity contribution in [2.75, 3.05) is 33.3 Å². The normalized spacial score (nSPS) is 16.8. The summed E-state index contributed by atoms with van der Waals surface area (Å²) in [6.07, 6.45) is 3.18. The van der Waals surface area contributed by atoms with Gasteiger partial charge in [0.2, 0.25) is 5.91 Å². The summed E-state index contributed by atoms with van der Waals surface area (Å²) in [6.45, 7) is 7.30. The van der Waals surface area contributed by atoms with Crippen molar-refractivity contribution in [1.82, 2.24) is 15.5 Å². The van der Waals surface area contributed by atoms with Crippen LogP contribution < -0.4 is 15.4 Å². The third-order valence-electron chi connectivity index (χ3n) is 4.55. The molecule has 0 radical (unpaired) electrons. The third-order valence-corrected chi connectivity index (χ3v) is 4.55. The van der Waals surface area contributed by atoms with Crippen LogP contribution in [0.5, 0.6) is 5.75 Å². The Labute approximate surface area is 145 Å². The second-order valence-electron chi connectivity index (χ2n) is 6.57. The zero-order valence-corrected chi connectivity index (χ0v) is 15.2. The molecule has 24 heavy (non-hydrogen) atoms. The van der Waals surface area contributed by atoms with E-state index in [1.807, 2.05) is 38.2 Å². The number of para-hydroxylation sites is 1. The lowest BCUT2D eigenvalue weighted by atomic mass is 10.1. The van der Waals surface area contributed by atoms with Crippen molar-refractivity contribution < 1.29 is 9.53 Å². The van der Waals surface area contributed by atoms with Crippen molar-refractivity contribution >= 4 is 5.91 Å². The van der Waals surface area contributed by atoms with Crippen molar-refractivity contribution in [3.63, 3.8) is 0 Å². The van der Waals surface area contributed by atoms with Crippen molar-refractivity contribution in [2.24, 2.45) is 0 Å². The Bertz CT molecular complexity index is 515. The van der Waals surface area contributed by atoms with Crippen LogP contribution in [0.2, 0.25) is 0 Å². The standard InChI is InChI=1S/C19H31N3O2/c1-4-13-24-18-8-6-5-7-17(18)15(2)21-19(23)14-22(3)16-9-11-20-12-10-16/h5-8,15-16,20H,4,9-14H2,1-3H3,(H,21,23). The van der Waals surface area contributed by atoms with Gasteiger partial charge in [0.05, 0.1) is 19.2 Å². The molecule has 0 spiro atoms. The SMILES string of the molecule is CCCOc1ccccc1C(C)NC(=O)CN(C)C1CCNCC1. The number of carbonyl (C=O) groups is 1. The number of nitrogens with zero attached hydrogens (tertiary/aromatic N) is 1. The van der Waals surface area contributed by atoms with Crippen molar-refractivity contribution in [1.29, 1.82) is 0 Å². The van der Waals surface area contributed by atoms with Gasteiger partial charge in [0, 0.05) is 11.6 Å². The Hall–Kier alpha value is -1.59. The maximum absolute atomic E-state index is 12.4. The fourth-order valence-electron chi connectivity index (χ4n) is 3.15. The number of carbonyl (C=O) groups excluding carboxylic acids is 1. The molecule has 1 amide bonds. The van der Waals surface area contributed by atoms with Crippen LogP contribution in [0.4, 0.5) is 0 Å². The van der Waals surface area contributed by atoms with Gasteiger partial charge in [-0.2, -0.15) is 0 Å². The monoisotopic (exact) mass is 333 g/mol. The molecule has 1 aliphatic rings. The summed E-state index contributed by atoms with van der Waals surface area (Å²) < 4.78 is 5.80. The Morgan fingerprint density at radius 1 is 1.38 bits per heavy atom. The van der Waals surface area contributed by atoms with E-state index in [9.17, 15) is 4.79 Å². The molecular formula is C19H31N3O2. The summed E-state index contributed by atoms with van der Waals surface area (Å²) >= 11 is 0. The Morgan fingerprint density at radius 3 is 2.79 bits per heavy atom. The number of amides is 1. The predicted octanol–water partition coefficient (Wildman–Crippen LogP) is 2.34. The first kappa shape index (κ1) is 18.7. The largest absolute Gasteiger partial charge is 0.493 e. The molecule has 1 aromatic rings. The zero-order valence-electron chi connectivity index (χ0n) is 15.2. The van der Waals surface area contributed by atoms with Gasteiger partial charge in [0.1, 0.15) is 5.75 Å². The lowest BCUT2D eigenvalue weighted by Crippen LogP contribution is -2.45. The van der Waals surface area contributed by atoms with Crippen molar-refractivity contribution in [2.45, 2.75) is 45.2 Å². The molecule has 0 bridgehead atoms. The van der Waals surface area contributed by atoms with Gasteiger partial charge >= 0.3 is 0 Å². The molecule has 2 rings (SSSR count). The third kappa shape index (κ3) is 5.49. The van der Waals surface area contributed by atoms with Crippen LogP contribution in [0.3, 0.4) is 0 Å². The van der Waals surface area contributed by atoms with E-state index in [1.54, 1.807) is 0 Å². The number of piperidine rings is 1. The number of nitrogens with one attached hydrogen (secondary N) is 2. The maximum atomic E-state index is 12.4. The predicted molar refractivity (Wildman–Crippen MR) is 97.3 cm³/mol. The van der Waals surface area contributed by atoms with E-state index >= 15 is 0 Å². The van der Waals surface area contributed by atoms with E-state index in [4.69, 9.17) is 4.74 Å². The Balaban J connectivity index is 1.89. The van der Waals surface area contributed by atoms with E-state index in [0.29, 0.717) is 19.2 Å². The minimum absolute atomic E-state index is 0.0630. The fourth-order valence-corrected chi connectivity index (χ4v) is 3.15. The molecule has 1 aromatic carbocycles. The van der Waals surface area contributed by atoms with Crippen LogP contribution in [-0.4, -0.2) is 50.1 Å². The topological polar surface area (TPSA) is 53.6 Å². The van der Waals surface area contributed by atoms with E-state index < -0.39 is 0 Å². The molecule has 1 saturated heterocycles. The van der Waals surface area contributed by atoms with E-state index in [0.717, 1.165) is 43.7 Å². The highest BCUT2D eigenvalue weighted by Gasteiger charge is 2.21. The van der Waals surface area contributed by atoms with Crippen LogP contribution in [0, 0.1) is 0 Å². The Kier molecular flexibility index (Phi) is 7.53. The summed E-state index contributed by atoms with van der Waals surface area (Å²) in [5.74, 6) is 0.924. The second kappa shape index (κ2) is 9.64. The minimum atomic E-state index is -0.0630. The first-order chi connectivity index (χ1) is 11.6. The fraction of sp³-hybridized carbons (Fsp3) is 0.632. The van der Waals surface area contributed by atoms with Crippen LogP contribution in [0.25, 0.3) is 0 Å². The summed E-state index contributed by atoms with van der Waals surface area (Å²) in [5.41, 5.74) is 1.03. The molecular weight excluding hydrogens is 302 g/mol. The van der Waals surface area contributed by atoms with Gasteiger partial charge in [0.25, 0.3) is 0 Å². The molecule has 5 heteroatoms. The summed E-state index contributed by atoms with van der Waals surface area (Å²) in [7, 11) is 2.04. The highest BCUT2D eigenvalue weighted by atomic mass is 16.5. The van der Waals surface area contributed by atoms with Gasteiger partial charge in [-0.05, 0) is 52.4 Å². The molecule has 0 aromatic heterocycles. The van der Waals surface area contributed by atoms with Crippen LogP contribution >= 0.6 is 0 Å². The van der Waals surface area contributed by atoms with E-state index in [2.05, 4.69) is 22.5 Å². The molecule has 2 N–H and O–H groups in total. The summed E-state index contributed by atoms with van der Waals surface area (Å²) in [6, 6.07) is 8.37. The summed E-state index contributed by atoms with van der Waals surface area (Å²) in [4.78, 5) is 14.6. The number of ether oxygens (including phenoxy) is 1. The lowest BCUT2D eigenvalue weighted by Gasteiger charge is -2.31. The molecule has 1 heterocycles. The molecule has 1 atom stereocenters. The average molecular weight is 333 g/mol. The number of benzene rings is 1. The second-order valence-corrected chi connectivity index (χ2v) is 6.57. The molecule has 1 fully saturated rings. The van der Waals surface area contributed by atoms with Gasteiger partial charge in [-0.1, -0.05) is 25.1 Å². The van der Waals surface area contributed by atoms with Gasteiger partial charge in [0.15, 0.2) is 0 Å². The first-order valence-electron chi connectivity index (χ1n) is 9.03. The quantitative estimate of drug-likeness (QED) is 0.767. The van der Waals surface area contributed by atoms with Crippen LogP contribution in [0.1, 0.15) is 44.7 Å².